The van der Waals surface area contributed by atoms with Crippen LogP contribution in [0.2, 0.25) is 0 Å². The van der Waals surface area contributed by atoms with E-state index in [0.29, 0.717) is 12.1 Å². The molecule has 0 aliphatic rings. The molecule has 0 radical (unpaired) electrons. The van der Waals surface area contributed by atoms with Gasteiger partial charge in [-0.05, 0) is 45.9 Å². The number of nitrogens with zero attached hydrogens (tertiary/aromatic N) is 1. The van der Waals surface area contributed by atoms with E-state index in [9.17, 15) is 4.79 Å². The zero-order valence-corrected chi connectivity index (χ0v) is 14.1. The summed E-state index contributed by atoms with van der Waals surface area (Å²) in [5.74, 6) is -0.916. The quantitative estimate of drug-likeness (QED) is 0.793. The first-order chi connectivity index (χ1) is 9.31. The molecule has 0 saturated heterocycles. The van der Waals surface area contributed by atoms with Crippen molar-refractivity contribution in [2.45, 2.75) is 39.8 Å². The number of carboxylic acid groups (broad SMARTS) is 1. The number of hydrogen-bond donors (Lipinski definition) is 2. The Labute approximate surface area is 129 Å². The lowest BCUT2D eigenvalue weighted by atomic mass is 10.2. The van der Waals surface area contributed by atoms with Gasteiger partial charge in [0.15, 0.2) is 0 Å². The third-order valence-corrected chi connectivity index (χ3v) is 3.63. The van der Waals surface area contributed by atoms with Crippen LogP contribution < -0.4 is 5.32 Å². The topological polar surface area (TPSA) is 52.6 Å². The second-order valence-corrected chi connectivity index (χ2v) is 6.30. The maximum absolute atomic E-state index is 11.0. The second-order valence-electron chi connectivity index (χ2n) is 5.39. The van der Waals surface area contributed by atoms with Gasteiger partial charge >= 0.3 is 5.97 Å². The maximum Gasteiger partial charge on any atom is 0.335 e. The number of anilines is 1. The van der Waals surface area contributed by atoms with Crippen molar-refractivity contribution in [3.63, 3.8) is 0 Å². The zero-order chi connectivity index (χ0) is 15.3. The molecule has 0 heterocycles. The van der Waals surface area contributed by atoms with Gasteiger partial charge in [-0.15, -0.1) is 0 Å². The Morgan fingerprint density at radius 2 is 1.85 bits per heavy atom. The number of carboxylic acids is 1. The summed E-state index contributed by atoms with van der Waals surface area (Å²) in [5, 5.41) is 12.3. The van der Waals surface area contributed by atoms with Gasteiger partial charge in [-0.3, -0.25) is 4.90 Å². The molecule has 0 atom stereocenters. The minimum absolute atomic E-state index is 0.284. The molecule has 0 fully saturated rings. The Morgan fingerprint density at radius 1 is 1.25 bits per heavy atom. The van der Waals surface area contributed by atoms with Crippen LogP contribution in [0.5, 0.6) is 0 Å². The summed E-state index contributed by atoms with van der Waals surface area (Å²) in [6.07, 6.45) is 0. The van der Waals surface area contributed by atoms with Crippen LogP contribution >= 0.6 is 15.9 Å². The van der Waals surface area contributed by atoms with E-state index in [0.717, 1.165) is 23.2 Å². The Bertz CT molecular complexity index is 453. The fraction of sp³-hybridized carbons (Fsp3) is 0.533. The molecule has 20 heavy (non-hydrogen) atoms. The van der Waals surface area contributed by atoms with Crippen molar-refractivity contribution in [2.24, 2.45) is 0 Å². The van der Waals surface area contributed by atoms with E-state index in [2.05, 4.69) is 53.8 Å². The van der Waals surface area contributed by atoms with E-state index in [1.165, 1.54) is 0 Å². The molecular weight excluding hydrogens is 320 g/mol. The molecule has 0 spiro atoms. The smallest absolute Gasteiger partial charge is 0.335 e. The lowest BCUT2D eigenvalue weighted by Gasteiger charge is -2.30. The summed E-state index contributed by atoms with van der Waals surface area (Å²) in [7, 11) is 0. The Morgan fingerprint density at radius 3 is 2.35 bits per heavy atom. The van der Waals surface area contributed by atoms with Crippen molar-refractivity contribution in [1.29, 1.82) is 0 Å². The van der Waals surface area contributed by atoms with Crippen LogP contribution in [0.25, 0.3) is 0 Å². The highest BCUT2D eigenvalue weighted by Crippen LogP contribution is 2.19. The largest absolute Gasteiger partial charge is 0.478 e. The van der Waals surface area contributed by atoms with E-state index in [4.69, 9.17) is 5.11 Å². The molecule has 1 aromatic rings. The Hall–Kier alpha value is -1.07. The number of hydrogen-bond acceptors (Lipinski definition) is 3. The van der Waals surface area contributed by atoms with Gasteiger partial charge in [-0.2, -0.15) is 0 Å². The van der Waals surface area contributed by atoms with Gasteiger partial charge in [-0.25, -0.2) is 4.79 Å². The van der Waals surface area contributed by atoms with Crippen LogP contribution in [0.3, 0.4) is 0 Å². The fourth-order valence-corrected chi connectivity index (χ4v) is 2.75. The van der Waals surface area contributed by atoms with Gasteiger partial charge in [0, 0.05) is 35.3 Å². The van der Waals surface area contributed by atoms with Gasteiger partial charge in [0.25, 0.3) is 0 Å². The normalized spacial score (nSPS) is 11.4. The summed E-state index contributed by atoms with van der Waals surface area (Å²) in [5.41, 5.74) is 1.11. The van der Waals surface area contributed by atoms with Crippen molar-refractivity contribution in [1.82, 2.24) is 4.90 Å². The number of nitrogens with one attached hydrogen (secondary N) is 1. The third kappa shape index (κ3) is 5.13. The van der Waals surface area contributed by atoms with Crippen LogP contribution in [-0.4, -0.2) is 41.1 Å². The highest BCUT2D eigenvalue weighted by Gasteiger charge is 2.12. The minimum Gasteiger partial charge on any atom is -0.478 e. The first-order valence-electron chi connectivity index (χ1n) is 6.84. The summed E-state index contributed by atoms with van der Waals surface area (Å²) < 4.78 is 0.768. The van der Waals surface area contributed by atoms with Crippen molar-refractivity contribution >= 4 is 27.6 Å². The zero-order valence-electron chi connectivity index (χ0n) is 12.5. The molecule has 0 aliphatic heterocycles. The van der Waals surface area contributed by atoms with Gasteiger partial charge < -0.3 is 10.4 Å². The minimum atomic E-state index is -0.916. The number of carbonyl (C=O) groups is 1. The van der Waals surface area contributed by atoms with E-state index in [1.54, 1.807) is 12.1 Å². The Balaban J connectivity index is 2.64. The third-order valence-electron chi connectivity index (χ3n) is 3.17. The van der Waals surface area contributed by atoms with E-state index < -0.39 is 5.97 Å². The summed E-state index contributed by atoms with van der Waals surface area (Å²) in [4.78, 5) is 13.4. The van der Waals surface area contributed by atoms with E-state index in [-0.39, 0.29) is 5.56 Å². The van der Waals surface area contributed by atoms with Crippen molar-refractivity contribution in [2.75, 3.05) is 18.4 Å². The van der Waals surface area contributed by atoms with Crippen LogP contribution in [0, 0.1) is 0 Å². The predicted molar refractivity (Wildman–Crippen MR) is 86.6 cm³/mol. The second kappa shape index (κ2) is 7.64. The summed E-state index contributed by atoms with van der Waals surface area (Å²) in [6, 6.07) is 6.13. The highest BCUT2D eigenvalue weighted by molar-refractivity contribution is 9.10. The van der Waals surface area contributed by atoms with Crippen molar-refractivity contribution in [3.8, 4) is 0 Å². The summed E-state index contributed by atoms with van der Waals surface area (Å²) >= 11 is 3.33. The fourth-order valence-electron chi connectivity index (χ4n) is 2.26. The predicted octanol–water partition coefficient (Wildman–Crippen LogP) is 3.68. The lowest BCUT2D eigenvalue weighted by molar-refractivity contribution is 0.0697. The number of rotatable bonds is 7. The van der Waals surface area contributed by atoms with Gasteiger partial charge in [0.2, 0.25) is 0 Å². The van der Waals surface area contributed by atoms with Gasteiger partial charge in [-0.1, -0.05) is 15.9 Å². The van der Waals surface area contributed by atoms with Crippen molar-refractivity contribution in [3.05, 3.63) is 28.2 Å². The number of aromatic carboxylic acids is 1. The standard InChI is InChI=1S/C15H23BrN2O2/c1-10(2)18(11(3)4)6-5-17-14-8-12(15(19)20)7-13(16)9-14/h7-11,17H,5-6H2,1-4H3,(H,19,20). The molecule has 1 aromatic carbocycles. The Kier molecular flexibility index (Phi) is 6.49. The highest BCUT2D eigenvalue weighted by atomic mass is 79.9. The first kappa shape index (κ1) is 17.0. The molecule has 0 aromatic heterocycles. The average molecular weight is 343 g/mol. The molecular formula is C15H23BrN2O2. The van der Waals surface area contributed by atoms with Crippen LogP contribution in [0.4, 0.5) is 5.69 Å². The first-order valence-corrected chi connectivity index (χ1v) is 7.64. The molecule has 5 heteroatoms. The molecule has 4 nitrogen and oxygen atoms in total. The molecule has 2 N–H and O–H groups in total. The van der Waals surface area contributed by atoms with Gasteiger partial charge in [0.1, 0.15) is 0 Å². The van der Waals surface area contributed by atoms with E-state index in [1.807, 2.05) is 6.07 Å². The molecule has 0 unspecified atom stereocenters. The van der Waals surface area contributed by atoms with E-state index >= 15 is 0 Å². The molecule has 112 valence electrons. The monoisotopic (exact) mass is 342 g/mol. The summed E-state index contributed by atoms with van der Waals surface area (Å²) in [6.45, 7) is 10.4. The van der Waals surface area contributed by atoms with Crippen LogP contribution in [0.15, 0.2) is 22.7 Å². The molecule has 0 saturated carbocycles. The number of halogens is 1. The van der Waals surface area contributed by atoms with Crippen LogP contribution in [0.1, 0.15) is 38.1 Å². The maximum atomic E-state index is 11.0. The van der Waals surface area contributed by atoms with Gasteiger partial charge in [0.05, 0.1) is 5.56 Å². The lowest BCUT2D eigenvalue weighted by Crippen LogP contribution is -2.40. The number of benzene rings is 1. The molecule has 0 amide bonds. The van der Waals surface area contributed by atoms with Crippen LogP contribution in [-0.2, 0) is 0 Å². The molecule has 0 bridgehead atoms. The van der Waals surface area contributed by atoms with Crippen molar-refractivity contribution < 1.29 is 9.90 Å². The molecule has 0 aliphatic carbocycles. The average Bonchev–Trinajstić information content (AvgIpc) is 2.32. The molecule has 1 rings (SSSR count). The SMILES string of the molecule is CC(C)N(CCNc1cc(Br)cc(C(=O)O)c1)C(C)C.